The van der Waals surface area contributed by atoms with E-state index in [4.69, 9.17) is 4.74 Å². The molecule has 30 heavy (non-hydrogen) atoms. The first-order valence-electron chi connectivity index (χ1n) is 10.0. The average molecular weight is 426 g/mol. The van der Waals surface area contributed by atoms with Crippen LogP contribution in [0.25, 0.3) is 10.6 Å². The Morgan fingerprint density at radius 1 is 1.17 bits per heavy atom. The molecule has 5 nitrogen and oxygen atoms in total. The molecule has 1 aromatic heterocycles. The van der Waals surface area contributed by atoms with Gasteiger partial charge in [0.15, 0.2) is 0 Å². The molecule has 0 unspecified atom stereocenters. The number of aromatic nitrogens is 1. The van der Waals surface area contributed by atoms with Crippen LogP contribution in [0.15, 0.2) is 53.9 Å². The minimum Gasteiger partial charge on any atom is -0.379 e. The number of benzene rings is 2. The van der Waals surface area contributed by atoms with Gasteiger partial charge in [-0.25, -0.2) is 9.37 Å². The van der Waals surface area contributed by atoms with Crippen molar-refractivity contribution in [2.45, 2.75) is 19.5 Å². The first kappa shape index (κ1) is 20.7. The summed E-state index contributed by atoms with van der Waals surface area (Å²) in [5.74, 6) is -0.484. The number of nitrogens with one attached hydrogen (secondary N) is 1. The van der Waals surface area contributed by atoms with E-state index in [1.165, 1.54) is 23.0 Å². The molecule has 0 saturated carbocycles. The fourth-order valence-electron chi connectivity index (χ4n) is 3.40. The second-order valence-corrected chi connectivity index (χ2v) is 8.14. The smallest absolute Gasteiger partial charge is 0.226 e. The highest BCUT2D eigenvalue weighted by Gasteiger charge is 2.13. The number of nitrogens with zero attached hydrogens (tertiary/aromatic N) is 2. The van der Waals surface area contributed by atoms with Crippen LogP contribution in [0.3, 0.4) is 0 Å². The molecule has 0 atom stereocenters. The zero-order chi connectivity index (χ0) is 20.8. The van der Waals surface area contributed by atoms with E-state index in [2.05, 4.69) is 27.3 Å². The van der Waals surface area contributed by atoms with Gasteiger partial charge in [0.2, 0.25) is 5.91 Å². The van der Waals surface area contributed by atoms with E-state index in [1.807, 2.05) is 17.5 Å². The van der Waals surface area contributed by atoms with Gasteiger partial charge in [-0.2, -0.15) is 0 Å². The van der Waals surface area contributed by atoms with Crippen molar-refractivity contribution in [3.05, 3.63) is 76.5 Å². The van der Waals surface area contributed by atoms with E-state index in [9.17, 15) is 9.18 Å². The lowest BCUT2D eigenvalue weighted by Crippen LogP contribution is -2.35. The molecule has 156 valence electrons. The summed E-state index contributed by atoms with van der Waals surface area (Å²) in [6.07, 6.45) is 0.179. The minimum absolute atomic E-state index is 0.170. The van der Waals surface area contributed by atoms with Crippen molar-refractivity contribution in [2.24, 2.45) is 0 Å². The van der Waals surface area contributed by atoms with Crippen LogP contribution in [0.4, 0.5) is 4.39 Å². The number of amides is 1. The SMILES string of the molecule is O=C(Cc1csc(-c2cccc(CN3CCOCC3)c2)n1)NCc1ccccc1F. The molecule has 1 N–H and O–H groups in total. The first-order valence-corrected chi connectivity index (χ1v) is 10.9. The average Bonchev–Trinajstić information content (AvgIpc) is 3.23. The molecule has 0 spiro atoms. The molecule has 0 bridgehead atoms. The van der Waals surface area contributed by atoms with Gasteiger partial charge < -0.3 is 10.1 Å². The van der Waals surface area contributed by atoms with Gasteiger partial charge in [-0.1, -0.05) is 36.4 Å². The number of rotatable bonds is 7. The van der Waals surface area contributed by atoms with Gasteiger partial charge in [-0.05, 0) is 17.7 Å². The maximum atomic E-state index is 13.7. The summed E-state index contributed by atoms with van der Waals surface area (Å²) in [7, 11) is 0. The van der Waals surface area contributed by atoms with Crippen LogP contribution in [0.5, 0.6) is 0 Å². The summed E-state index contributed by atoms with van der Waals surface area (Å²) in [5.41, 5.74) is 3.50. The Kier molecular flexibility index (Phi) is 6.84. The highest BCUT2D eigenvalue weighted by atomic mass is 32.1. The molecule has 0 aliphatic carbocycles. The van der Waals surface area contributed by atoms with Crippen LogP contribution >= 0.6 is 11.3 Å². The number of halogens is 1. The fourth-order valence-corrected chi connectivity index (χ4v) is 4.22. The van der Waals surface area contributed by atoms with Gasteiger partial charge in [0.1, 0.15) is 10.8 Å². The Labute approximate surface area is 179 Å². The largest absolute Gasteiger partial charge is 0.379 e. The first-order chi connectivity index (χ1) is 14.7. The van der Waals surface area contributed by atoms with E-state index in [-0.39, 0.29) is 24.7 Å². The number of thiazole rings is 1. The van der Waals surface area contributed by atoms with Crippen LogP contribution < -0.4 is 5.32 Å². The Morgan fingerprint density at radius 2 is 2.00 bits per heavy atom. The van der Waals surface area contributed by atoms with Gasteiger partial charge in [0, 0.05) is 42.7 Å². The lowest BCUT2D eigenvalue weighted by molar-refractivity contribution is -0.120. The highest BCUT2D eigenvalue weighted by molar-refractivity contribution is 7.13. The van der Waals surface area contributed by atoms with Crippen molar-refractivity contribution in [3.63, 3.8) is 0 Å². The number of morpholine rings is 1. The molecule has 1 aliphatic rings. The van der Waals surface area contributed by atoms with E-state index >= 15 is 0 Å². The van der Waals surface area contributed by atoms with Crippen molar-refractivity contribution in [3.8, 4) is 10.6 Å². The van der Waals surface area contributed by atoms with Crippen molar-refractivity contribution in [1.29, 1.82) is 0 Å². The third-order valence-electron chi connectivity index (χ3n) is 5.01. The summed E-state index contributed by atoms with van der Waals surface area (Å²) in [6, 6.07) is 14.8. The summed E-state index contributed by atoms with van der Waals surface area (Å²) in [5, 5.41) is 5.57. The fraction of sp³-hybridized carbons (Fsp3) is 0.304. The predicted molar refractivity (Wildman–Crippen MR) is 116 cm³/mol. The molecule has 0 radical (unpaired) electrons. The second kappa shape index (κ2) is 9.93. The summed E-state index contributed by atoms with van der Waals surface area (Å²) in [4.78, 5) is 19.2. The number of carbonyl (C=O) groups excluding carboxylic acids is 1. The zero-order valence-corrected chi connectivity index (χ0v) is 17.5. The van der Waals surface area contributed by atoms with Gasteiger partial charge >= 0.3 is 0 Å². The van der Waals surface area contributed by atoms with Crippen LogP contribution in [0, 0.1) is 5.82 Å². The van der Waals surface area contributed by atoms with Gasteiger partial charge in [0.05, 0.1) is 25.3 Å². The maximum Gasteiger partial charge on any atom is 0.226 e. The number of carbonyl (C=O) groups is 1. The van der Waals surface area contributed by atoms with E-state index in [0.29, 0.717) is 5.56 Å². The van der Waals surface area contributed by atoms with Crippen LogP contribution in [-0.4, -0.2) is 42.1 Å². The Morgan fingerprint density at radius 3 is 2.83 bits per heavy atom. The molecule has 7 heteroatoms. The molecule has 1 aliphatic heterocycles. The van der Waals surface area contributed by atoms with Gasteiger partial charge in [0.25, 0.3) is 0 Å². The van der Waals surface area contributed by atoms with Crippen molar-refractivity contribution in [2.75, 3.05) is 26.3 Å². The standard InChI is InChI=1S/C23H24FN3O2S/c24-21-7-2-1-5-19(21)14-25-22(28)13-20-16-30-23(26-20)18-6-3-4-17(12-18)15-27-8-10-29-11-9-27/h1-7,12,16H,8-11,13-15H2,(H,25,28). The lowest BCUT2D eigenvalue weighted by Gasteiger charge is -2.26. The van der Waals surface area contributed by atoms with Crippen LogP contribution in [-0.2, 0) is 29.0 Å². The monoisotopic (exact) mass is 425 g/mol. The van der Waals surface area contributed by atoms with E-state index < -0.39 is 0 Å². The minimum atomic E-state index is -0.314. The molecule has 4 rings (SSSR count). The summed E-state index contributed by atoms with van der Waals surface area (Å²) >= 11 is 1.53. The molecule has 2 heterocycles. The molecule has 1 saturated heterocycles. The van der Waals surface area contributed by atoms with Crippen molar-refractivity contribution >= 4 is 17.2 Å². The van der Waals surface area contributed by atoms with E-state index in [0.717, 1.165) is 49.1 Å². The third kappa shape index (κ3) is 5.50. The van der Waals surface area contributed by atoms with Crippen molar-refractivity contribution in [1.82, 2.24) is 15.2 Å². The molecular weight excluding hydrogens is 401 g/mol. The maximum absolute atomic E-state index is 13.7. The number of hydrogen-bond acceptors (Lipinski definition) is 5. The second-order valence-electron chi connectivity index (χ2n) is 7.28. The predicted octanol–water partition coefficient (Wildman–Crippen LogP) is 3.64. The Balaban J connectivity index is 1.35. The number of hydrogen-bond donors (Lipinski definition) is 1. The molecule has 1 fully saturated rings. The summed E-state index contributed by atoms with van der Waals surface area (Å²) < 4.78 is 19.1. The third-order valence-corrected chi connectivity index (χ3v) is 5.95. The van der Waals surface area contributed by atoms with Crippen LogP contribution in [0.2, 0.25) is 0 Å². The Hall–Kier alpha value is -2.61. The zero-order valence-electron chi connectivity index (χ0n) is 16.6. The quantitative estimate of drug-likeness (QED) is 0.628. The Bertz CT molecular complexity index is 1000. The highest BCUT2D eigenvalue weighted by Crippen LogP contribution is 2.25. The van der Waals surface area contributed by atoms with E-state index in [1.54, 1.807) is 18.2 Å². The molecule has 2 aromatic carbocycles. The van der Waals surface area contributed by atoms with Gasteiger partial charge in [-0.3, -0.25) is 9.69 Å². The summed E-state index contributed by atoms with van der Waals surface area (Å²) in [6.45, 7) is 4.55. The van der Waals surface area contributed by atoms with Crippen LogP contribution in [0.1, 0.15) is 16.8 Å². The molecular formula is C23H24FN3O2S. The molecule has 1 amide bonds. The van der Waals surface area contributed by atoms with Crippen molar-refractivity contribution < 1.29 is 13.9 Å². The lowest BCUT2D eigenvalue weighted by atomic mass is 10.1. The normalized spacial score (nSPS) is 14.6. The molecule has 3 aromatic rings. The topological polar surface area (TPSA) is 54.5 Å². The van der Waals surface area contributed by atoms with Gasteiger partial charge in [-0.15, -0.1) is 11.3 Å². The number of ether oxygens (including phenoxy) is 1.